The Labute approximate surface area is 77.3 Å². The van der Waals surface area contributed by atoms with E-state index >= 15 is 0 Å². The summed E-state index contributed by atoms with van der Waals surface area (Å²) in [6.45, 7) is 2.95. The van der Waals surface area contributed by atoms with Crippen molar-refractivity contribution < 1.29 is 0 Å². The van der Waals surface area contributed by atoms with E-state index in [1.54, 1.807) is 0 Å². The molecule has 5 nitrogen and oxygen atoms in total. The molecule has 1 saturated heterocycles. The molecule has 0 spiro atoms. The van der Waals surface area contributed by atoms with Gasteiger partial charge in [0.05, 0.1) is 6.54 Å². The fourth-order valence-electron chi connectivity index (χ4n) is 1.61. The highest BCUT2D eigenvalue weighted by Crippen LogP contribution is 2.03. The summed E-state index contributed by atoms with van der Waals surface area (Å²) in [7, 11) is 0. The molecule has 0 aromatic carbocycles. The molecule has 0 radical (unpaired) electrons. The van der Waals surface area contributed by atoms with E-state index in [1.165, 1.54) is 19.2 Å². The van der Waals surface area contributed by atoms with Gasteiger partial charge < -0.3 is 10.6 Å². The molecule has 2 heterocycles. The number of nitrogens with zero attached hydrogens (tertiary/aromatic N) is 2. The van der Waals surface area contributed by atoms with Crippen molar-refractivity contribution in [3.8, 4) is 0 Å². The van der Waals surface area contributed by atoms with Gasteiger partial charge in [0.2, 0.25) is 0 Å². The van der Waals surface area contributed by atoms with E-state index in [9.17, 15) is 0 Å². The Morgan fingerprint density at radius 1 is 1.62 bits per heavy atom. The first-order valence-corrected chi connectivity index (χ1v) is 4.73. The number of aromatic amines is 1. The smallest absolute Gasteiger partial charge is 0.138 e. The lowest BCUT2D eigenvalue weighted by Crippen LogP contribution is -2.33. The van der Waals surface area contributed by atoms with Crippen LogP contribution in [0.5, 0.6) is 0 Å². The summed E-state index contributed by atoms with van der Waals surface area (Å²) in [5.41, 5.74) is 0. The second kappa shape index (κ2) is 4.34. The van der Waals surface area contributed by atoms with Crippen LogP contribution in [0.15, 0.2) is 6.33 Å². The van der Waals surface area contributed by atoms with Crippen LogP contribution >= 0.6 is 0 Å². The molecule has 1 aliphatic heterocycles. The van der Waals surface area contributed by atoms with Crippen LogP contribution in [-0.2, 0) is 6.54 Å². The van der Waals surface area contributed by atoms with Gasteiger partial charge in [0.1, 0.15) is 12.2 Å². The van der Waals surface area contributed by atoms with Crippen molar-refractivity contribution in [2.24, 2.45) is 0 Å². The SMILES string of the molecule is c1n[nH]c(CNCC2CCCN2)n1. The van der Waals surface area contributed by atoms with Gasteiger partial charge in [-0.25, -0.2) is 4.98 Å². The van der Waals surface area contributed by atoms with Crippen molar-refractivity contribution in [2.45, 2.75) is 25.4 Å². The van der Waals surface area contributed by atoms with Gasteiger partial charge in [0.15, 0.2) is 0 Å². The third-order valence-corrected chi connectivity index (χ3v) is 2.31. The first-order chi connectivity index (χ1) is 6.45. The Kier molecular flexibility index (Phi) is 2.89. The highest BCUT2D eigenvalue weighted by atomic mass is 15.2. The van der Waals surface area contributed by atoms with Crippen LogP contribution in [0.3, 0.4) is 0 Å². The minimum absolute atomic E-state index is 0.642. The number of rotatable bonds is 4. The Hall–Kier alpha value is -0.940. The molecule has 0 saturated carbocycles. The minimum Gasteiger partial charge on any atom is -0.313 e. The highest BCUT2D eigenvalue weighted by molar-refractivity contribution is 4.81. The van der Waals surface area contributed by atoms with Gasteiger partial charge in [0.25, 0.3) is 0 Å². The molecular weight excluding hydrogens is 166 g/mol. The van der Waals surface area contributed by atoms with Crippen molar-refractivity contribution in [2.75, 3.05) is 13.1 Å². The quantitative estimate of drug-likeness (QED) is 0.594. The Morgan fingerprint density at radius 2 is 2.62 bits per heavy atom. The van der Waals surface area contributed by atoms with Crippen molar-refractivity contribution in [3.05, 3.63) is 12.2 Å². The Balaban J connectivity index is 1.63. The molecule has 0 aliphatic carbocycles. The number of nitrogens with one attached hydrogen (secondary N) is 3. The highest BCUT2D eigenvalue weighted by Gasteiger charge is 2.12. The first kappa shape index (κ1) is 8.65. The van der Waals surface area contributed by atoms with Gasteiger partial charge in [-0.15, -0.1) is 0 Å². The van der Waals surface area contributed by atoms with Crippen molar-refractivity contribution in [3.63, 3.8) is 0 Å². The van der Waals surface area contributed by atoms with Crippen LogP contribution in [0.25, 0.3) is 0 Å². The third-order valence-electron chi connectivity index (χ3n) is 2.31. The largest absolute Gasteiger partial charge is 0.313 e. The van der Waals surface area contributed by atoms with Gasteiger partial charge in [-0.2, -0.15) is 5.10 Å². The molecule has 72 valence electrons. The normalized spacial score (nSPS) is 22.3. The lowest BCUT2D eigenvalue weighted by atomic mass is 10.2. The summed E-state index contributed by atoms with van der Waals surface area (Å²) in [6, 6.07) is 0.642. The summed E-state index contributed by atoms with van der Waals surface area (Å²) >= 11 is 0. The standard InChI is InChI=1S/C8H15N5/c1-2-7(10-3-1)4-9-5-8-11-6-12-13-8/h6-7,9-10H,1-5H2,(H,11,12,13). The van der Waals surface area contributed by atoms with Crippen LogP contribution in [0, 0.1) is 0 Å². The maximum atomic E-state index is 4.03. The summed E-state index contributed by atoms with van der Waals surface area (Å²) in [5.74, 6) is 0.901. The molecule has 3 N–H and O–H groups in total. The molecule has 5 heteroatoms. The summed E-state index contributed by atoms with van der Waals surface area (Å²) in [4.78, 5) is 4.03. The second-order valence-corrected chi connectivity index (χ2v) is 3.36. The molecule has 13 heavy (non-hydrogen) atoms. The van der Waals surface area contributed by atoms with E-state index in [1.807, 2.05) is 0 Å². The van der Waals surface area contributed by atoms with Gasteiger partial charge in [-0.05, 0) is 19.4 Å². The maximum Gasteiger partial charge on any atom is 0.138 e. The number of aromatic nitrogens is 3. The molecule has 1 fully saturated rings. The fourth-order valence-corrected chi connectivity index (χ4v) is 1.61. The topological polar surface area (TPSA) is 65.6 Å². The molecule has 1 atom stereocenters. The van der Waals surface area contributed by atoms with Crippen molar-refractivity contribution >= 4 is 0 Å². The van der Waals surface area contributed by atoms with Gasteiger partial charge >= 0.3 is 0 Å². The van der Waals surface area contributed by atoms with E-state index in [-0.39, 0.29) is 0 Å². The van der Waals surface area contributed by atoms with Crippen LogP contribution in [0.2, 0.25) is 0 Å². The lowest BCUT2D eigenvalue weighted by molar-refractivity contribution is 0.529. The monoisotopic (exact) mass is 181 g/mol. The number of hydrogen-bond acceptors (Lipinski definition) is 4. The molecule has 1 unspecified atom stereocenters. The number of hydrogen-bond donors (Lipinski definition) is 3. The Morgan fingerprint density at radius 3 is 3.31 bits per heavy atom. The predicted octanol–water partition coefficient (Wildman–Crippen LogP) is -0.354. The molecule has 1 aliphatic rings. The summed E-state index contributed by atoms with van der Waals surface area (Å²) < 4.78 is 0. The molecule has 0 amide bonds. The molecule has 1 aromatic rings. The fraction of sp³-hybridized carbons (Fsp3) is 0.750. The zero-order chi connectivity index (χ0) is 8.93. The van der Waals surface area contributed by atoms with E-state index in [4.69, 9.17) is 0 Å². The molecule has 2 rings (SSSR count). The molecule has 1 aromatic heterocycles. The van der Waals surface area contributed by atoms with E-state index < -0.39 is 0 Å². The average Bonchev–Trinajstić information content (AvgIpc) is 2.75. The summed E-state index contributed by atoms with van der Waals surface area (Å²) in [5, 5.41) is 13.4. The van der Waals surface area contributed by atoms with Crippen molar-refractivity contribution in [1.82, 2.24) is 25.8 Å². The average molecular weight is 181 g/mol. The van der Waals surface area contributed by atoms with Gasteiger partial charge in [0, 0.05) is 12.6 Å². The van der Waals surface area contributed by atoms with Crippen LogP contribution in [0.1, 0.15) is 18.7 Å². The van der Waals surface area contributed by atoms with E-state index in [0.29, 0.717) is 6.04 Å². The van der Waals surface area contributed by atoms with Crippen molar-refractivity contribution in [1.29, 1.82) is 0 Å². The third kappa shape index (κ3) is 2.50. The maximum absolute atomic E-state index is 4.03. The first-order valence-electron chi connectivity index (χ1n) is 4.73. The van der Waals surface area contributed by atoms with Crippen LogP contribution in [0.4, 0.5) is 0 Å². The molecular formula is C8H15N5. The van der Waals surface area contributed by atoms with Gasteiger partial charge in [-0.1, -0.05) is 0 Å². The van der Waals surface area contributed by atoms with Crippen LogP contribution in [-0.4, -0.2) is 34.3 Å². The molecule has 0 bridgehead atoms. The summed E-state index contributed by atoms with van der Waals surface area (Å²) in [6.07, 6.45) is 4.11. The lowest BCUT2D eigenvalue weighted by Gasteiger charge is -2.09. The van der Waals surface area contributed by atoms with E-state index in [2.05, 4.69) is 25.8 Å². The van der Waals surface area contributed by atoms with E-state index in [0.717, 1.165) is 25.5 Å². The van der Waals surface area contributed by atoms with Crippen LogP contribution < -0.4 is 10.6 Å². The minimum atomic E-state index is 0.642. The zero-order valence-corrected chi connectivity index (χ0v) is 7.58. The number of H-pyrrole nitrogens is 1. The van der Waals surface area contributed by atoms with Gasteiger partial charge in [-0.3, -0.25) is 5.10 Å². The second-order valence-electron chi connectivity index (χ2n) is 3.36. The Bertz CT molecular complexity index is 227. The zero-order valence-electron chi connectivity index (χ0n) is 7.58. The predicted molar refractivity (Wildman–Crippen MR) is 49.1 cm³/mol.